The van der Waals surface area contributed by atoms with Gasteiger partial charge in [-0.25, -0.2) is 4.79 Å². The van der Waals surface area contributed by atoms with Crippen LogP contribution in [0.25, 0.3) is 21.3 Å². The van der Waals surface area contributed by atoms with Gasteiger partial charge >= 0.3 is 5.97 Å². The number of primary amides is 1. The van der Waals surface area contributed by atoms with Crippen LogP contribution in [0.15, 0.2) is 139 Å². The maximum absolute atomic E-state index is 15.6. The lowest BCUT2D eigenvalue weighted by atomic mass is 10.00. The number of azide groups is 1. The summed E-state index contributed by atoms with van der Waals surface area (Å²) in [7, 11) is 1.42. The van der Waals surface area contributed by atoms with Gasteiger partial charge in [-0.15, -0.1) is 0 Å². The van der Waals surface area contributed by atoms with Crippen molar-refractivity contribution in [3.05, 3.63) is 182 Å². The topological polar surface area (TPSA) is 728 Å². The molecule has 47 heteroatoms. The highest BCUT2D eigenvalue weighted by Crippen LogP contribution is 2.27. The summed E-state index contributed by atoms with van der Waals surface area (Å²) in [6.45, 7) is 1.16. The molecule has 698 valence electrons. The summed E-state index contributed by atoms with van der Waals surface area (Å²) in [6, 6.07) is 7.56. The number of hydrogen-bond acceptors (Lipinski definition) is 27. The lowest BCUT2D eigenvalue weighted by molar-refractivity contribution is -0.385. The van der Waals surface area contributed by atoms with Gasteiger partial charge < -0.3 is 122 Å². The number of aliphatic hydroxyl groups is 3. The molecule has 1 fully saturated rings. The highest BCUT2D eigenvalue weighted by atomic mass is 33.1. The van der Waals surface area contributed by atoms with E-state index in [9.17, 15) is 93.2 Å². The Morgan fingerprint density at radius 3 is 1.55 bits per heavy atom. The highest BCUT2D eigenvalue weighted by molar-refractivity contribution is 8.76. The number of carbonyl (C=O) groups is 16. The van der Waals surface area contributed by atoms with Crippen molar-refractivity contribution in [3.63, 3.8) is 0 Å². The van der Waals surface area contributed by atoms with E-state index < -0.39 is 252 Å². The van der Waals surface area contributed by atoms with Gasteiger partial charge in [0.1, 0.15) is 83.8 Å². The number of H-pyrrole nitrogens is 1. The SMILES string of the molecule is C[C@H](N)C(=O)NCC(=O)N[C@H]1CSSC[C@@H](C(=O)O)NC(=O)[C@H](CO)NC(=O)C([C@@H](C)O)NC(=O)[C@H](Cc2ccc(O)cc2)NC(=O)C([C@@H](C)O)NC(=O)[C@H](CCCCNC(=O)c2cc(N=[N+]=[N-])ccc2[N+](=O)[O-])NC(=O)[C@H](Cc2c[nH]c3ccccc23)NC(=O)[C@H](Cc2ccccc2)NC(=O)[C@H](Cc2ccccc2)NC(=O)[C@H](CC(N)=O)NC(=O)[C@H](CCCCN)NC1=O. The Labute approximate surface area is 751 Å². The monoisotopic (exact) mass is 1840 g/mol. The van der Waals surface area contributed by atoms with Crippen LogP contribution >= 0.6 is 21.6 Å². The zero-order chi connectivity index (χ0) is 95.3. The zero-order valence-corrected chi connectivity index (χ0v) is 72.4. The maximum Gasteiger partial charge on any atom is 0.327 e. The van der Waals surface area contributed by atoms with E-state index in [1.807, 2.05) is 0 Å². The number of phenolic OH excluding ortho intramolecular Hbond substituents is 1. The number of amides is 15. The molecule has 15 amide bonds. The molecule has 2 heterocycles. The first kappa shape index (κ1) is 103. The van der Waals surface area contributed by atoms with Crippen LogP contribution in [0, 0.1) is 10.1 Å². The van der Waals surface area contributed by atoms with Gasteiger partial charge in [-0.05, 0) is 124 Å². The molecule has 1 aliphatic rings. The summed E-state index contributed by atoms with van der Waals surface area (Å²) in [5.74, 6) is -20.3. The smallest absolute Gasteiger partial charge is 0.327 e. The Kier molecular flexibility index (Phi) is 41.2. The lowest BCUT2D eigenvalue weighted by Gasteiger charge is -2.29. The number of aromatic nitrogens is 1. The average Bonchev–Trinajstić information content (AvgIpc) is 1.72. The van der Waals surface area contributed by atoms with Crippen LogP contribution in [0.2, 0.25) is 0 Å². The molecule has 45 nitrogen and oxygen atoms in total. The van der Waals surface area contributed by atoms with Gasteiger partial charge in [0.15, 0.2) is 0 Å². The molecule has 1 saturated heterocycles. The fourth-order valence-corrected chi connectivity index (χ4v) is 15.5. The van der Waals surface area contributed by atoms with Crippen LogP contribution < -0.4 is 91.6 Å². The summed E-state index contributed by atoms with van der Waals surface area (Å²) in [5, 5.41) is 104. The Hall–Kier alpha value is -13.8. The number of benzene rings is 5. The Balaban J connectivity index is 1.35. The fourth-order valence-electron chi connectivity index (χ4n) is 13.2. The van der Waals surface area contributed by atoms with Crippen molar-refractivity contribution >= 4 is 138 Å². The molecule has 1 aliphatic heterocycles. The number of carboxylic acid groups (broad SMARTS) is 1. The Bertz CT molecular complexity index is 5050. The second kappa shape index (κ2) is 51.8. The third-order valence-electron chi connectivity index (χ3n) is 20.2. The number of aliphatic hydroxyl groups excluding tert-OH is 3. The van der Waals surface area contributed by atoms with E-state index in [1.165, 1.54) is 37.4 Å². The highest BCUT2D eigenvalue weighted by Gasteiger charge is 2.40. The van der Waals surface area contributed by atoms with Crippen molar-refractivity contribution in [2.75, 3.05) is 37.7 Å². The summed E-state index contributed by atoms with van der Waals surface area (Å²) in [6.07, 6.45) is -5.46. The molecule has 26 N–H and O–H groups in total. The van der Waals surface area contributed by atoms with Crippen LogP contribution in [-0.4, -0.2) is 259 Å². The Morgan fingerprint density at radius 1 is 0.562 bits per heavy atom. The van der Waals surface area contributed by atoms with Crippen molar-refractivity contribution in [1.82, 2.24) is 79.4 Å². The number of aromatic hydroxyl groups is 1. The van der Waals surface area contributed by atoms with Crippen LogP contribution in [0.1, 0.15) is 98.3 Å². The molecule has 7 rings (SSSR count). The van der Waals surface area contributed by atoms with Gasteiger partial charge in [0, 0.05) is 77.5 Å². The average molecular weight is 1840 g/mol. The number of nitrogens with two attached hydrogens (primary N) is 3. The number of hydrogen-bond donors (Lipinski definition) is 23. The van der Waals surface area contributed by atoms with Gasteiger partial charge in [0.2, 0.25) is 82.7 Å². The number of rotatable bonds is 30. The number of nitrogens with one attached hydrogen (secondary N) is 15. The quantitative estimate of drug-likeness (QED) is 0.00409. The summed E-state index contributed by atoms with van der Waals surface area (Å²) < 4.78 is 0. The number of carboxylic acids is 1. The van der Waals surface area contributed by atoms with E-state index in [4.69, 9.17) is 22.7 Å². The number of aliphatic carboxylic acids is 1. The number of carbonyl (C=O) groups excluding carboxylic acids is 15. The first-order valence-electron chi connectivity index (χ1n) is 41.1. The second-order valence-corrected chi connectivity index (χ2v) is 32.9. The fraction of sp³-hybridized carbons (Fsp3) is 0.422. The van der Waals surface area contributed by atoms with Gasteiger partial charge in [0.25, 0.3) is 11.6 Å². The summed E-state index contributed by atoms with van der Waals surface area (Å²) >= 11 is 0. The molecule has 0 saturated carbocycles. The van der Waals surface area contributed by atoms with E-state index >= 15 is 19.2 Å². The predicted molar refractivity (Wildman–Crippen MR) is 472 cm³/mol. The molecule has 0 bridgehead atoms. The van der Waals surface area contributed by atoms with Gasteiger partial charge in [-0.3, -0.25) is 82.0 Å². The lowest BCUT2D eigenvalue weighted by Crippen LogP contribution is -2.63. The van der Waals surface area contributed by atoms with E-state index in [-0.39, 0.29) is 75.0 Å². The first-order chi connectivity index (χ1) is 62.0. The molecule has 5 aromatic carbocycles. The number of nitro groups is 1. The molecular formula is C83H106N22O23S2. The normalized spacial score (nSPS) is 22.2. The third kappa shape index (κ3) is 32.8. The molecule has 0 radical (unpaired) electrons. The van der Waals surface area contributed by atoms with Crippen LogP contribution in [0.3, 0.4) is 0 Å². The standard InChI is InChI=1S/C83H106N22O23S2/c1-43(85)70(112)90-39-67(111)91-63-41-129-130-42-64(83(125)126)100-79(121)62(40-106)99-82(124)69(45(3)108)102-78(120)59(34-48-24-27-51(109)28-25-48)98-81(123)68(44(2)107)101-73(115)56(23-13-15-31-88-71(113)53-36-50(103-104-87)26-29-65(53)105(127)128)92-76(118)60(35-49-38-89-54-21-11-10-20-52(49)54)96-75(117)58(33-47-18-8-5-9-19-47)94-74(116)57(32-46-16-6-4-7-17-46)95-77(119)61(37-66(86)110)97-72(114)55(93-80(63)122)22-12-14-30-84/h4-11,16-21,24-29,36,38,43-45,55-64,68-69,89,106-109H,12-15,22-23,30-35,37,39-42,84-85H2,1-3H3,(H2,86,110)(H,88,113)(H,90,112)(H,91,111)(H,92,118)(H,93,122)(H,94,116)(H,95,119)(H,96,117)(H,97,114)(H,98,123)(H,99,124)(H,100,121)(H,101,115)(H,102,120)(H,125,126)/t43-,44+,45+,55-,56-,57-,58-,59-,60-,61-,62-,63-,64-,68?,69?/m0/s1. The third-order valence-corrected chi connectivity index (χ3v) is 22.6. The van der Waals surface area contributed by atoms with Crippen molar-refractivity contribution in [2.24, 2.45) is 22.3 Å². The second-order valence-electron chi connectivity index (χ2n) is 30.4. The predicted octanol–water partition coefficient (Wildman–Crippen LogP) is -2.89. The number of nitrogens with zero attached hydrogens (tertiary/aromatic N) is 4. The number of fused-ring (bicyclic) bond motifs is 1. The van der Waals surface area contributed by atoms with E-state index in [2.05, 4.69) is 89.4 Å². The molecule has 130 heavy (non-hydrogen) atoms. The van der Waals surface area contributed by atoms with E-state index in [1.54, 1.807) is 84.9 Å². The molecule has 0 spiro atoms. The van der Waals surface area contributed by atoms with Crippen molar-refractivity contribution in [3.8, 4) is 5.75 Å². The first-order valence-corrected chi connectivity index (χ1v) is 43.6. The number of para-hydroxylation sites is 1. The van der Waals surface area contributed by atoms with Crippen molar-refractivity contribution in [1.29, 1.82) is 0 Å². The maximum atomic E-state index is 15.6. The number of unbranched alkanes of at least 4 members (excludes halogenated alkanes) is 2. The van der Waals surface area contributed by atoms with Crippen LogP contribution in [0.4, 0.5) is 11.4 Å². The molecule has 15 atom stereocenters. The summed E-state index contributed by atoms with van der Waals surface area (Å²) in [4.78, 5) is 247. The molecule has 1 aromatic heterocycles. The van der Waals surface area contributed by atoms with E-state index in [0.717, 1.165) is 42.8 Å². The number of nitro benzene ring substituents is 1. The molecule has 2 unspecified atom stereocenters. The number of aromatic amines is 1. The molecular weight excluding hydrogens is 1740 g/mol. The van der Waals surface area contributed by atoms with Crippen molar-refractivity contribution < 1.29 is 107 Å². The van der Waals surface area contributed by atoms with Crippen LogP contribution in [0.5, 0.6) is 5.75 Å². The molecule has 0 aliphatic carbocycles. The minimum atomic E-state index is -2.11. The van der Waals surface area contributed by atoms with Crippen LogP contribution in [-0.2, 0) is 97.6 Å². The van der Waals surface area contributed by atoms with E-state index in [0.29, 0.717) is 38.4 Å². The Morgan fingerprint density at radius 2 is 1.02 bits per heavy atom. The van der Waals surface area contributed by atoms with Gasteiger partial charge in [-0.2, -0.15) is 0 Å². The molecule has 6 aromatic rings. The number of phenols is 1. The van der Waals surface area contributed by atoms with Gasteiger partial charge in [0.05, 0.1) is 42.7 Å². The summed E-state index contributed by atoms with van der Waals surface area (Å²) in [5.41, 5.74) is 27.0. The van der Waals surface area contributed by atoms with Crippen molar-refractivity contribution in [2.45, 2.75) is 182 Å². The largest absolute Gasteiger partial charge is 0.508 e. The van der Waals surface area contributed by atoms with Gasteiger partial charge in [-0.1, -0.05) is 118 Å². The minimum Gasteiger partial charge on any atom is -0.508 e. The zero-order valence-electron chi connectivity index (χ0n) is 70.8. The minimum absolute atomic E-state index is 0.0704.